The van der Waals surface area contributed by atoms with Gasteiger partial charge in [-0.25, -0.2) is 0 Å². The van der Waals surface area contributed by atoms with Crippen molar-refractivity contribution in [1.82, 2.24) is 9.80 Å². The number of likely N-dealkylation sites (tertiary alicyclic amines) is 2. The van der Waals surface area contributed by atoms with Gasteiger partial charge in [0.1, 0.15) is 5.75 Å². The number of amides is 2. The van der Waals surface area contributed by atoms with Gasteiger partial charge in [-0.2, -0.15) is 0 Å². The van der Waals surface area contributed by atoms with Gasteiger partial charge >= 0.3 is 0 Å². The first-order valence-electron chi connectivity index (χ1n) is 9.78. The van der Waals surface area contributed by atoms with E-state index in [4.69, 9.17) is 4.74 Å². The molecule has 142 valence electrons. The number of hydrogen-bond acceptors (Lipinski definition) is 3. The minimum Gasteiger partial charge on any atom is -0.494 e. The number of nitrogens with zero attached hydrogens (tertiary/aromatic N) is 2. The molecule has 1 aromatic carbocycles. The lowest BCUT2D eigenvalue weighted by Gasteiger charge is -2.41. The number of ether oxygens (including phenoxy) is 1. The van der Waals surface area contributed by atoms with E-state index in [1.165, 1.54) is 0 Å². The van der Waals surface area contributed by atoms with E-state index in [0.717, 1.165) is 31.6 Å². The van der Waals surface area contributed by atoms with Gasteiger partial charge in [-0.05, 0) is 51.7 Å². The molecule has 5 heteroatoms. The normalized spacial score (nSPS) is 23.1. The Kier molecular flexibility index (Phi) is 5.84. The number of benzene rings is 1. The summed E-state index contributed by atoms with van der Waals surface area (Å²) in [7, 11) is 0. The number of carbonyl (C=O) groups excluding carboxylic acids is 2. The predicted molar refractivity (Wildman–Crippen MR) is 101 cm³/mol. The number of piperidine rings is 1. The fourth-order valence-corrected chi connectivity index (χ4v) is 4.15. The van der Waals surface area contributed by atoms with E-state index in [-0.39, 0.29) is 23.3 Å². The van der Waals surface area contributed by atoms with E-state index in [9.17, 15) is 9.59 Å². The van der Waals surface area contributed by atoms with Crippen LogP contribution in [-0.2, 0) is 9.59 Å². The number of rotatable bonds is 6. The number of carbonyl (C=O) groups is 2. The first kappa shape index (κ1) is 18.7. The molecule has 0 aliphatic carbocycles. The molecule has 2 saturated heterocycles. The van der Waals surface area contributed by atoms with Crippen LogP contribution in [-0.4, -0.2) is 53.9 Å². The SMILES string of the molecule is CC(C)N1CCC[C@]2(CCN(C(=O)CCCOc3ccccc3)C2)C1=O. The number of hydrogen-bond donors (Lipinski definition) is 0. The molecule has 1 aromatic rings. The smallest absolute Gasteiger partial charge is 0.230 e. The maximum absolute atomic E-state index is 12.9. The van der Waals surface area contributed by atoms with Gasteiger partial charge in [-0.15, -0.1) is 0 Å². The van der Waals surface area contributed by atoms with E-state index < -0.39 is 0 Å². The molecule has 26 heavy (non-hydrogen) atoms. The second-order valence-corrected chi connectivity index (χ2v) is 7.81. The van der Waals surface area contributed by atoms with Gasteiger partial charge in [0.25, 0.3) is 0 Å². The van der Waals surface area contributed by atoms with Crippen molar-refractivity contribution in [3.05, 3.63) is 30.3 Å². The van der Waals surface area contributed by atoms with Crippen molar-refractivity contribution < 1.29 is 14.3 Å². The van der Waals surface area contributed by atoms with Crippen molar-refractivity contribution in [1.29, 1.82) is 0 Å². The van der Waals surface area contributed by atoms with Crippen molar-refractivity contribution in [2.75, 3.05) is 26.2 Å². The highest BCUT2D eigenvalue weighted by Gasteiger charge is 2.49. The average Bonchev–Trinajstić information content (AvgIpc) is 3.07. The highest BCUT2D eigenvalue weighted by Crippen LogP contribution is 2.40. The lowest BCUT2D eigenvalue weighted by atomic mass is 9.78. The first-order chi connectivity index (χ1) is 12.5. The van der Waals surface area contributed by atoms with Crippen LogP contribution in [0.5, 0.6) is 5.75 Å². The lowest BCUT2D eigenvalue weighted by molar-refractivity contribution is -0.148. The van der Waals surface area contributed by atoms with Gasteiger partial charge in [0.15, 0.2) is 0 Å². The zero-order valence-electron chi connectivity index (χ0n) is 15.9. The molecule has 0 saturated carbocycles. The summed E-state index contributed by atoms with van der Waals surface area (Å²) in [5, 5.41) is 0. The lowest BCUT2D eigenvalue weighted by Crippen LogP contribution is -2.52. The van der Waals surface area contributed by atoms with E-state index in [1.54, 1.807) is 0 Å². The van der Waals surface area contributed by atoms with Gasteiger partial charge < -0.3 is 14.5 Å². The topological polar surface area (TPSA) is 49.9 Å². The van der Waals surface area contributed by atoms with Crippen molar-refractivity contribution in [2.24, 2.45) is 5.41 Å². The van der Waals surface area contributed by atoms with Gasteiger partial charge in [-0.3, -0.25) is 9.59 Å². The third kappa shape index (κ3) is 4.02. The maximum atomic E-state index is 12.9. The largest absolute Gasteiger partial charge is 0.494 e. The molecule has 2 fully saturated rings. The zero-order chi connectivity index (χ0) is 18.6. The Morgan fingerprint density at radius 3 is 2.69 bits per heavy atom. The molecule has 1 spiro atoms. The van der Waals surface area contributed by atoms with Crippen LogP contribution in [0.4, 0.5) is 0 Å². The summed E-state index contributed by atoms with van der Waals surface area (Å²) in [6.07, 6.45) is 3.93. The fourth-order valence-electron chi connectivity index (χ4n) is 4.15. The van der Waals surface area contributed by atoms with Gasteiger partial charge in [-0.1, -0.05) is 18.2 Å². The molecule has 1 atom stereocenters. The van der Waals surface area contributed by atoms with E-state index in [1.807, 2.05) is 40.1 Å². The van der Waals surface area contributed by atoms with Crippen LogP contribution in [0.25, 0.3) is 0 Å². The fraction of sp³-hybridized carbons (Fsp3) is 0.619. The van der Waals surface area contributed by atoms with Crippen molar-refractivity contribution >= 4 is 11.8 Å². The minimum absolute atomic E-state index is 0.146. The molecular weight excluding hydrogens is 328 g/mol. The minimum atomic E-state index is -0.335. The highest BCUT2D eigenvalue weighted by atomic mass is 16.5. The molecule has 2 amide bonds. The second-order valence-electron chi connectivity index (χ2n) is 7.81. The van der Waals surface area contributed by atoms with Gasteiger partial charge in [0, 0.05) is 32.1 Å². The summed E-state index contributed by atoms with van der Waals surface area (Å²) in [6.45, 7) is 6.82. The average molecular weight is 358 g/mol. The summed E-state index contributed by atoms with van der Waals surface area (Å²) in [6, 6.07) is 9.90. The Labute approximate surface area is 156 Å². The molecule has 0 N–H and O–H groups in total. The zero-order valence-corrected chi connectivity index (χ0v) is 15.9. The Balaban J connectivity index is 1.47. The van der Waals surface area contributed by atoms with E-state index >= 15 is 0 Å². The Morgan fingerprint density at radius 1 is 1.19 bits per heavy atom. The first-order valence-corrected chi connectivity index (χ1v) is 9.78. The number of para-hydroxylation sites is 1. The summed E-state index contributed by atoms with van der Waals surface area (Å²) < 4.78 is 5.65. The molecule has 0 unspecified atom stereocenters. The maximum Gasteiger partial charge on any atom is 0.230 e. The van der Waals surface area contributed by atoms with Crippen LogP contribution in [0.1, 0.15) is 46.0 Å². The van der Waals surface area contributed by atoms with Crippen molar-refractivity contribution in [3.63, 3.8) is 0 Å². The molecule has 0 radical (unpaired) electrons. The van der Waals surface area contributed by atoms with Crippen LogP contribution in [0.3, 0.4) is 0 Å². The van der Waals surface area contributed by atoms with Crippen LogP contribution >= 0.6 is 0 Å². The van der Waals surface area contributed by atoms with Crippen molar-refractivity contribution in [2.45, 2.75) is 52.0 Å². The summed E-state index contributed by atoms with van der Waals surface area (Å²) in [5.74, 6) is 1.23. The summed E-state index contributed by atoms with van der Waals surface area (Å²) >= 11 is 0. The van der Waals surface area contributed by atoms with Crippen molar-refractivity contribution in [3.8, 4) is 5.75 Å². The summed E-state index contributed by atoms with van der Waals surface area (Å²) in [4.78, 5) is 29.4. The van der Waals surface area contributed by atoms with E-state index in [0.29, 0.717) is 32.5 Å². The third-order valence-corrected chi connectivity index (χ3v) is 5.65. The molecule has 2 aliphatic heterocycles. The van der Waals surface area contributed by atoms with Crippen LogP contribution in [0, 0.1) is 5.41 Å². The molecule has 3 rings (SSSR count). The molecule has 0 bridgehead atoms. The predicted octanol–water partition coefficient (Wildman–Crippen LogP) is 3.10. The van der Waals surface area contributed by atoms with Gasteiger partial charge in [0.05, 0.1) is 12.0 Å². The quantitative estimate of drug-likeness (QED) is 0.734. The van der Waals surface area contributed by atoms with Crippen LogP contribution in [0.15, 0.2) is 30.3 Å². The third-order valence-electron chi connectivity index (χ3n) is 5.65. The van der Waals surface area contributed by atoms with E-state index in [2.05, 4.69) is 13.8 Å². The van der Waals surface area contributed by atoms with Gasteiger partial charge in [0.2, 0.25) is 11.8 Å². The molecule has 2 heterocycles. The Morgan fingerprint density at radius 2 is 1.96 bits per heavy atom. The second kappa shape index (κ2) is 8.11. The molecule has 2 aliphatic rings. The molecule has 0 aromatic heterocycles. The highest BCUT2D eigenvalue weighted by molar-refractivity contribution is 5.86. The molecule has 5 nitrogen and oxygen atoms in total. The Bertz CT molecular complexity index is 631. The monoisotopic (exact) mass is 358 g/mol. The Hall–Kier alpha value is -2.04. The standard InChI is InChI=1S/C21H30N2O3/c1-17(2)23-13-7-11-21(20(23)25)12-14-22(16-21)19(24)10-6-15-26-18-8-4-3-5-9-18/h3-5,8-9,17H,6-7,10-16H2,1-2H3/t21-/m1/s1. The van der Waals surface area contributed by atoms with Crippen LogP contribution < -0.4 is 4.74 Å². The van der Waals surface area contributed by atoms with Crippen LogP contribution in [0.2, 0.25) is 0 Å². The summed E-state index contributed by atoms with van der Waals surface area (Å²) in [5.41, 5.74) is -0.335. The molecular formula is C21H30N2O3.